The molecule has 0 saturated carbocycles. The number of rotatable bonds is 1. The van der Waals surface area contributed by atoms with Crippen LogP contribution in [0.1, 0.15) is 24.1 Å². The fourth-order valence-electron chi connectivity index (χ4n) is 1.03. The Morgan fingerprint density at radius 1 is 1.45 bits per heavy atom. The van der Waals surface area contributed by atoms with Crippen LogP contribution in [0.5, 0.6) is 0 Å². The van der Waals surface area contributed by atoms with Gasteiger partial charge >= 0.3 is 0 Å². The van der Waals surface area contributed by atoms with E-state index >= 15 is 0 Å². The molecule has 1 rings (SSSR count). The molecule has 0 heterocycles. The van der Waals surface area contributed by atoms with Gasteiger partial charge in [-0.25, -0.2) is 0 Å². The molecule has 0 amide bonds. The van der Waals surface area contributed by atoms with Crippen molar-refractivity contribution in [2.24, 2.45) is 5.73 Å². The Morgan fingerprint density at radius 3 is 2.55 bits per heavy atom. The molecule has 0 unspecified atom stereocenters. The summed E-state index contributed by atoms with van der Waals surface area (Å²) in [5.74, 6) is 2.60. The standard InChI is InChI=1S/C10H11N/c1-3-9-6-4-5-7-10(9)8(2)11/h1,4-8H,11H2,2H3/t8-/m0/s1. The zero-order valence-electron chi connectivity index (χ0n) is 6.54. The minimum absolute atomic E-state index is 0.0160. The molecule has 0 saturated heterocycles. The van der Waals surface area contributed by atoms with E-state index in [1.165, 1.54) is 0 Å². The number of hydrogen-bond acceptors (Lipinski definition) is 1. The summed E-state index contributed by atoms with van der Waals surface area (Å²) in [5.41, 5.74) is 7.62. The highest BCUT2D eigenvalue weighted by atomic mass is 14.6. The zero-order valence-corrected chi connectivity index (χ0v) is 6.54. The van der Waals surface area contributed by atoms with Gasteiger partial charge in [0.05, 0.1) is 0 Å². The molecule has 2 N–H and O–H groups in total. The van der Waals surface area contributed by atoms with Crippen LogP contribution >= 0.6 is 0 Å². The minimum atomic E-state index is 0.0160. The summed E-state index contributed by atoms with van der Waals surface area (Å²) < 4.78 is 0. The van der Waals surface area contributed by atoms with E-state index < -0.39 is 0 Å². The lowest BCUT2D eigenvalue weighted by molar-refractivity contribution is 0.815. The summed E-state index contributed by atoms with van der Waals surface area (Å²) in [6.07, 6.45) is 5.28. The van der Waals surface area contributed by atoms with E-state index in [1.54, 1.807) is 0 Å². The monoisotopic (exact) mass is 145 g/mol. The van der Waals surface area contributed by atoms with Crippen molar-refractivity contribution in [3.63, 3.8) is 0 Å². The van der Waals surface area contributed by atoms with Gasteiger partial charge in [0.1, 0.15) is 0 Å². The Morgan fingerprint density at radius 2 is 2.09 bits per heavy atom. The van der Waals surface area contributed by atoms with Crippen molar-refractivity contribution in [3.8, 4) is 12.3 Å². The van der Waals surface area contributed by atoms with Gasteiger partial charge in [-0.15, -0.1) is 6.42 Å². The molecule has 0 spiro atoms. The van der Waals surface area contributed by atoms with Crippen molar-refractivity contribution in [2.75, 3.05) is 0 Å². The first-order chi connectivity index (χ1) is 5.25. The van der Waals surface area contributed by atoms with Crippen LogP contribution in [-0.2, 0) is 0 Å². The van der Waals surface area contributed by atoms with Gasteiger partial charge in [0.15, 0.2) is 0 Å². The molecule has 11 heavy (non-hydrogen) atoms. The smallest absolute Gasteiger partial charge is 0.0290 e. The molecule has 0 aromatic heterocycles. The average Bonchev–Trinajstić information content (AvgIpc) is 2.04. The molecule has 1 nitrogen and oxygen atoms in total. The zero-order chi connectivity index (χ0) is 8.27. The Bertz CT molecular complexity index is 281. The predicted octanol–water partition coefficient (Wildman–Crippen LogP) is 1.69. The first-order valence-corrected chi connectivity index (χ1v) is 3.57. The molecule has 0 bridgehead atoms. The molecule has 0 radical (unpaired) electrons. The number of hydrogen-bond donors (Lipinski definition) is 1. The average molecular weight is 145 g/mol. The van der Waals surface area contributed by atoms with Crippen molar-refractivity contribution >= 4 is 0 Å². The molecular formula is C10H11N. The second kappa shape index (κ2) is 3.23. The molecule has 0 aliphatic rings. The van der Waals surface area contributed by atoms with Crippen LogP contribution < -0.4 is 5.73 Å². The molecule has 56 valence electrons. The third-order valence-electron chi connectivity index (χ3n) is 1.61. The molecule has 1 atom stereocenters. The fourth-order valence-corrected chi connectivity index (χ4v) is 1.03. The molecular weight excluding hydrogens is 134 g/mol. The highest BCUT2D eigenvalue weighted by molar-refractivity contribution is 5.41. The summed E-state index contributed by atoms with van der Waals surface area (Å²) in [6.45, 7) is 1.93. The third kappa shape index (κ3) is 1.60. The molecule has 1 heteroatoms. The van der Waals surface area contributed by atoms with E-state index in [2.05, 4.69) is 5.92 Å². The minimum Gasteiger partial charge on any atom is -0.324 e. The van der Waals surface area contributed by atoms with Crippen LogP contribution in [0.2, 0.25) is 0 Å². The number of terminal acetylenes is 1. The summed E-state index contributed by atoms with van der Waals surface area (Å²) in [6, 6.07) is 7.74. The normalized spacial score (nSPS) is 12.1. The van der Waals surface area contributed by atoms with Crippen molar-refractivity contribution in [3.05, 3.63) is 35.4 Å². The van der Waals surface area contributed by atoms with Gasteiger partial charge in [-0.1, -0.05) is 24.1 Å². The van der Waals surface area contributed by atoms with Crippen LogP contribution in [0.25, 0.3) is 0 Å². The first kappa shape index (κ1) is 7.84. The van der Waals surface area contributed by atoms with Gasteiger partial charge in [0.25, 0.3) is 0 Å². The lowest BCUT2D eigenvalue weighted by Gasteiger charge is -2.06. The van der Waals surface area contributed by atoms with Crippen LogP contribution in [0.15, 0.2) is 24.3 Å². The summed E-state index contributed by atoms with van der Waals surface area (Å²) >= 11 is 0. The van der Waals surface area contributed by atoms with Crippen LogP contribution in [-0.4, -0.2) is 0 Å². The quantitative estimate of drug-likeness (QED) is 0.598. The third-order valence-corrected chi connectivity index (χ3v) is 1.61. The van der Waals surface area contributed by atoms with Gasteiger partial charge in [0.2, 0.25) is 0 Å². The Kier molecular flexibility index (Phi) is 2.30. The fraction of sp³-hybridized carbons (Fsp3) is 0.200. The Balaban J connectivity index is 3.15. The molecule has 1 aromatic carbocycles. The van der Waals surface area contributed by atoms with Crippen LogP contribution in [0.3, 0.4) is 0 Å². The summed E-state index contributed by atoms with van der Waals surface area (Å²) in [4.78, 5) is 0. The Hall–Kier alpha value is -1.26. The van der Waals surface area contributed by atoms with Crippen molar-refractivity contribution in [1.29, 1.82) is 0 Å². The topological polar surface area (TPSA) is 26.0 Å². The maximum atomic E-state index is 5.69. The molecule has 0 fully saturated rings. The lowest BCUT2D eigenvalue weighted by Crippen LogP contribution is -2.06. The summed E-state index contributed by atoms with van der Waals surface area (Å²) in [7, 11) is 0. The van der Waals surface area contributed by atoms with E-state index in [0.29, 0.717) is 0 Å². The Labute approximate surface area is 67.2 Å². The predicted molar refractivity (Wildman–Crippen MR) is 47.0 cm³/mol. The highest BCUT2D eigenvalue weighted by Crippen LogP contribution is 2.13. The van der Waals surface area contributed by atoms with Gasteiger partial charge in [-0.2, -0.15) is 0 Å². The maximum Gasteiger partial charge on any atom is 0.0290 e. The maximum absolute atomic E-state index is 5.69. The van der Waals surface area contributed by atoms with Crippen LogP contribution in [0, 0.1) is 12.3 Å². The second-order valence-corrected chi connectivity index (χ2v) is 2.52. The lowest BCUT2D eigenvalue weighted by atomic mass is 10.0. The molecule has 0 aliphatic carbocycles. The highest BCUT2D eigenvalue weighted by Gasteiger charge is 2.01. The van der Waals surface area contributed by atoms with Gasteiger partial charge in [0, 0.05) is 11.6 Å². The van der Waals surface area contributed by atoms with E-state index in [-0.39, 0.29) is 6.04 Å². The number of benzene rings is 1. The van der Waals surface area contributed by atoms with Crippen molar-refractivity contribution in [1.82, 2.24) is 0 Å². The SMILES string of the molecule is C#Cc1ccccc1[C@H](C)N. The molecule has 1 aromatic rings. The first-order valence-electron chi connectivity index (χ1n) is 3.57. The van der Waals surface area contributed by atoms with Gasteiger partial charge < -0.3 is 5.73 Å². The van der Waals surface area contributed by atoms with E-state index in [0.717, 1.165) is 11.1 Å². The van der Waals surface area contributed by atoms with E-state index in [1.807, 2.05) is 31.2 Å². The van der Waals surface area contributed by atoms with Crippen LogP contribution in [0.4, 0.5) is 0 Å². The van der Waals surface area contributed by atoms with Gasteiger partial charge in [-0.05, 0) is 18.6 Å². The van der Waals surface area contributed by atoms with E-state index in [4.69, 9.17) is 12.2 Å². The second-order valence-electron chi connectivity index (χ2n) is 2.52. The number of nitrogens with two attached hydrogens (primary N) is 1. The van der Waals surface area contributed by atoms with Crippen molar-refractivity contribution < 1.29 is 0 Å². The largest absolute Gasteiger partial charge is 0.324 e. The van der Waals surface area contributed by atoms with E-state index in [9.17, 15) is 0 Å². The summed E-state index contributed by atoms with van der Waals surface area (Å²) in [5, 5.41) is 0. The van der Waals surface area contributed by atoms with Gasteiger partial charge in [-0.3, -0.25) is 0 Å². The molecule has 0 aliphatic heterocycles. The van der Waals surface area contributed by atoms with Crippen molar-refractivity contribution in [2.45, 2.75) is 13.0 Å².